The number of amides is 1. The van der Waals surface area contributed by atoms with Crippen LogP contribution < -0.4 is 9.47 Å². The van der Waals surface area contributed by atoms with Crippen molar-refractivity contribution in [3.05, 3.63) is 60.6 Å². The highest BCUT2D eigenvalue weighted by atomic mass is 16.5. The van der Waals surface area contributed by atoms with Crippen LogP contribution in [0.15, 0.2) is 54.9 Å². The van der Waals surface area contributed by atoms with Crippen molar-refractivity contribution in [3.63, 3.8) is 0 Å². The Morgan fingerprint density at radius 1 is 1.19 bits per heavy atom. The van der Waals surface area contributed by atoms with E-state index >= 15 is 0 Å². The first kappa shape index (κ1) is 17.1. The molecule has 3 heterocycles. The quantitative estimate of drug-likeness (QED) is 0.695. The number of carbonyl (C=O) groups excluding carboxylic acids is 1. The number of nitrogens with zero attached hydrogens (tertiary/aromatic N) is 4. The zero-order valence-corrected chi connectivity index (χ0v) is 15.0. The van der Waals surface area contributed by atoms with Crippen molar-refractivity contribution in [1.29, 1.82) is 0 Å². The molecule has 138 valence electrons. The summed E-state index contributed by atoms with van der Waals surface area (Å²) in [6.07, 6.45) is 3.67. The molecule has 1 aliphatic heterocycles. The smallest absolute Gasteiger partial charge is 0.260 e. The molecule has 27 heavy (non-hydrogen) atoms. The van der Waals surface area contributed by atoms with E-state index < -0.39 is 0 Å². The second-order valence-corrected chi connectivity index (χ2v) is 6.31. The lowest BCUT2D eigenvalue weighted by atomic mass is 10.2. The maximum atomic E-state index is 12.4. The molecule has 0 bridgehead atoms. The molecule has 7 nitrogen and oxygen atoms in total. The number of hydrogen-bond donors (Lipinski definition) is 0. The first-order chi connectivity index (χ1) is 13.2. The zero-order valence-electron chi connectivity index (χ0n) is 15.0. The van der Waals surface area contributed by atoms with E-state index in [2.05, 4.69) is 5.10 Å². The number of aryl methyl sites for hydroxylation is 1. The van der Waals surface area contributed by atoms with E-state index in [1.54, 1.807) is 15.8 Å². The van der Waals surface area contributed by atoms with E-state index in [0.29, 0.717) is 25.4 Å². The van der Waals surface area contributed by atoms with E-state index in [0.717, 1.165) is 22.7 Å². The minimum absolute atomic E-state index is 0.00621. The standard InChI is InChI=1S/C20H20N4O3/c1-23-12-15(11-21-23)17-7-8-19-18(22-17)13-24(20(25)14-27-19)9-10-26-16-5-3-2-4-6-16/h2-8,11-12H,9-10,13-14H2,1H3. The summed E-state index contributed by atoms with van der Waals surface area (Å²) in [6, 6.07) is 13.3. The van der Waals surface area contributed by atoms with E-state index in [4.69, 9.17) is 14.5 Å². The number of pyridine rings is 1. The maximum Gasteiger partial charge on any atom is 0.260 e. The van der Waals surface area contributed by atoms with E-state index in [-0.39, 0.29) is 12.5 Å². The van der Waals surface area contributed by atoms with Crippen molar-refractivity contribution in [3.8, 4) is 22.8 Å². The summed E-state index contributed by atoms with van der Waals surface area (Å²) in [5, 5.41) is 4.18. The molecule has 0 aliphatic carbocycles. The normalized spacial score (nSPS) is 13.7. The van der Waals surface area contributed by atoms with Gasteiger partial charge in [0.15, 0.2) is 6.61 Å². The fraction of sp³-hybridized carbons (Fsp3) is 0.250. The topological polar surface area (TPSA) is 69.5 Å². The van der Waals surface area contributed by atoms with Crippen LogP contribution in [-0.2, 0) is 18.4 Å². The van der Waals surface area contributed by atoms with Crippen molar-refractivity contribution in [1.82, 2.24) is 19.7 Å². The molecule has 7 heteroatoms. The van der Waals surface area contributed by atoms with Gasteiger partial charge in [0.2, 0.25) is 0 Å². The third-order valence-corrected chi connectivity index (χ3v) is 4.35. The number of ether oxygens (including phenoxy) is 2. The molecule has 0 unspecified atom stereocenters. The monoisotopic (exact) mass is 364 g/mol. The molecule has 0 saturated carbocycles. The van der Waals surface area contributed by atoms with Crippen LogP contribution in [0.3, 0.4) is 0 Å². The molecule has 0 spiro atoms. The Morgan fingerprint density at radius 3 is 2.81 bits per heavy atom. The maximum absolute atomic E-state index is 12.4. The van der Waals surface area contributed by atoms with Crippen molar-refractivity contribution in [2.75, 3.05) is 19.8 Å². The summed E-state index contributed by atoms with van der Waals surface area (Å²) < 4.78 is 13.1. The summed E-state index contributed by atoms with van der Waals surface area (Å²) in [6.45, 7) is 1.27. The van der Waals surface area contributed by atoms with Gasteiger partial charge in [-0.2, -0.15) is 5.10 Å². The highest BCUT2D eigenvalue weighted by molar-refractivity contribution is 5.78. The minimum Gasteiger partial charge on any atom is -0.492 e. The fourth-order valence-electron chi connectivity index (χ4n) is 2.94. The van der Waals surface area contributed by atoms with Crippen molar-refractivity contribution < 1.29 is 14.3 Å². The Bertz CT molecular complexity index is 939. The van der Waals surface area contributed by atoms with Crippen LogP contribution in [0.1, 0.15) is 5.69 Å². The van der Waals surface area contributed by atoms with Gasteiger partial charge in [-0.15, -0.1) is 0 Å². The molecule has 2 aromatic heterocycles. The first-order valence-electron chi connectivity index (χ1n) is 8.76. The molecule has 0 saturated heterocycles. The van der Waals surface area contributed by atoms with Gasteiger partial charge in [0.1, 0.15) is 23.8 Å². The number of rotatable bonds is 5. The summed E-state index contributed by atoms with van der Waals surface area (Å²) in [5.41, 5.74) is 2.47. The van der Waals surface area contributed by atoms with Crippen molar-refractivity contribution >= 4 is 5.91 Å². The van der Waals surface area contributed by atoms with Crippen LogP contribution in [0.4, 0.5) is 0 Å². The van der Waals surface area contributed by atoms with Crippen molar-refractivity contribution in [2.45, 2.75) is 6.54 Å². The Hall–Kier alpha value is -3.35. The van der Waals surface area contributed by atoms with Gasteiger partial charge in [0.05, 0.1) is 25.0 Å². The molecule has 0 fully saturated rings. The molecule has 0 radical (unpaired) electrons. The van der Waals surface area contributed by atoms with Gasteiger partial charge in [0.25, 0.3) is 5.91 Å². The molecular weight excluding hydrogens is 344 g/mol. The third-order valence-electron chi connectivity index (χ3n) is 4.35. The van der Waals surface area contributed by atoms with Gasteiger partial charge in [-0.3, -0.25) is 9.48 Å². The Kier molecular flexibility index (Phi) is 4.74. The Balaban J connectivity index is 1.48. The second kappa shape index (κ2) is 7.49. The Morgan fingerprint density at radius 2 is 2.04 bits per heavy atom. The number of fused-ring (bicyclic) bond motifs is 1. The molecule has 0 atom stereocenters. The summed E-state index contributed by atoms with van der Waals surface area (Å²) in [5.74, 6) is 1.35. The fourth-order valence-corrected chi connectivity index (χ4v) is 2.94. The van der Waals surface area contributed by atoms with E-state index in [9.17, 15) is 4.79 Å². The average molecular weight is 364 g/mol. The predicted octanol–water partition coefficient (Wildman–Crippen LogP) is 2.28. The number of benzene rings is 1. The molecule has 1 aromatic carbocycles. The zero-order chi connectivity index (χ0) is 18.6. The second-order valence-electron chi connectivity index (χ2n) is 6.31. The highest BCUT2D eigenvalue weighted by Crippen LogP contribution is 2.26. The van der Waals surface area contributed by atoms with Crippen LogP contribution in [0.5, 0.6) is 11.5 Å². The number of para-hydroxylation sites is 1. The molecular formula is C20H20N4O3. The van der Waals surface area contributed by atoms with Gasteiger partial charge in [-0.05, 0) is 24.3 Å². The van der Waals surface area contributed by atoms with Crippen LogP contribution in [0, 0.1) is 0 Å². The molecule has 1 amide bonds. The van der Waals surface area contributed by atoms with Gasteiger partial charge in [-0.25, -0.2) is 4.98 Å². The predicted molar refractivity (Wildman–Crippen MR) is 99.3 cm³/mol. The van der Waals surface area contributed by atoms with Gasteiger partial charge < -0.3 is 14.4 Å². The summed E-state index contributed by atoms with van der Waals surface area (Å²) >= 11 is 0. The lowest BCUT2D eigenvalue weighted by molar-refractivity contribution is -0.133. The third kappa shape index (κ3) is 3.92. The highest BCUT2D eigenvalue weighted by Gasteiger charge is 2.23. The number of hydrogen-bond acceptors (Lipinski definition) is 5. The van der Waals surface area contributed by atoms with E-state index in [1.807, 2.05) is 55.7 Å². The summed E-state index contributed by atoms with van der Waals surface area (Å²) in [7, 11) is 1.86. The van der Waals surface area contributed by atoms with Gasteiger partial charge >= 0.3 is 0 Å². The molecule has 3 aromatic rings. The molecule has 0 N–H and O–H groups in total. The first-order valence-corrected chi connectivity index (χ1v) is 8.76. The lowest BCUT2D eigenvalue weighted by Gasteiger charge is -2.19. The number of aromatic nitrogens is 3. The van der Waals surface area contributed by atoms with Gasteiger partial charge in [-0.1, -0.05) is 18.2 Å². The molecule has 1 aliphatic rings. The average Bonchev–Trinajstić information content (AvgIpc) is 3.06. The van der Waals surface area contributed by atoms with Crippen LogP contribution in [0.25, 0.3) is 11.3 Å². The van der Waals surface area contributed by atoms with Crippen molar-refractivity contribution in [2.24, 2.45) is 7.05 Å². The summed E-state index contributed by atoms with van der Waals surface area (Å²) in [4.78, 5) is 18.8. The van der Waals surface area contributed by atoms with Crippen LogP contribution >= 0.6 is 0 Å². The molecule has 4 rings (SSSR count). The Labute approximate surface area is 157 Å². The van der Waals surface area contributed by atoms with Crippen LogP contribution in [-0.4, -0.2) is 45.3 Å². The minimum atomic E-state index is -0.0763. The van der Waals surface area contributed by atoms with Gasteiger partial charge in [0, 0.05) is 18.8 Å². The lowest BCUT2D eigenvalue weighted by Crippen LogP contribution is -2.35. The largest absolute Gasteiger partial charge is 0.492 e. The van der Waals surface area contributed by atoms with Crippen LogP contribution in [0.2, 0.25) is 0 Å². The SMILES string of the molecule is Cn1cc(-c2ccc3c(n2)CN(CCOc2ccccc2)C(=O)CO3)cn1. The number of carbonyl (C=O) groups is 1. The van der Waals surface area contributed by atoms with E-state index in [1.165, 1.54) is 0 Å².